The molecule has 3 atom stereocenters. The molecule has 0 bridgehead atoms. The van der Waals surface area contributed by atoms with Crippen LogP contribution in [0.2, 0.25) is 0 Å². The van der Waals surface area contributed by atoms with E-state index in [2.05, 4.69) is 135 Å². The highest BCUT2D eigenvalue weighted by molar-refractivity contribution is 7.45. The zero-order valence-corrected chi connectivity index (χ0v) is 58.1. The minimum absolute atomic E-state index is 0.0303. The van der Waals surface area contributed by atoms with E-state index >= 15 is 0 Å². The Bertz CT molecular complexity index is 1900. The topological polar surface area (TPSA) is 114 Å². The van der Waals surface area contributed by atoms with Gasteiger partial charge in [0.2, 0.25) is 5.91 Å². The summed E-state index contributed by atoms with van der Waals surface area (Å²) in [4.78, 5) is 40.2. The summed E-state index contributed by atoms with van der Waals surface area (Å²) in [5, 5.41) is 3.04. The second-order valence-electron chi connectivity index (χ2n) is 25.0. The van der Waals surface area contributed by atoms with E-state index in [1.54, 1.807) is 0 Å². The molecule has 1 amide bonds. The maximum Gasteiger partial charge on any atom is 0.306 e. The Morgan fingerprint density at radius 2 is 0.736 bits per heavy atom. The Balaban J connectivity index is 5.05. The number of nitrogens with one attached hydrogen (secondary N) is 1. The molecule has 0 rings (SSSR count). The first-order valence-corrected chi connectivity index (χ1v) is 37.3. The van der Waals surface area contributed by atoms with Crippen LogP contribution < -0.4 is 10.2 Å². The highest BCUT2D eigenvalue weighted by atomic mass is 31.2. The molecular weight excluding hydrogens is 1100 g/mol. The fourth-order valence-corrected chi connectivity index (χ4v) is 10.6. The third-order valence-corrected chi connectivity index (χ3v) is 16.3. The van der Waals surface area contributed by atoms with E-state index in [1.165, 1.54) is 135 Å². The summed E-state index contributed by atoms with van der Waals surface area (Å²) in [5.74, 6) is -0.558. The number of carbonyl (C=O) groups excluding carboxylic acids is 2. The molecule has 0 aromatic rings. The number of unbranched alkanes of at least 4 members (excludes halogenated alkanes) is 30. The summed E-state index contributed by atoms with van der Waals surface area (Å²) in [6, 6.07) is -0.903. The number of esters is 1. The smallest absolute Gasteiger partial charge is 0.306 e. The molecule has 3 unspecified atom stereocenters. The van der Waals surface area contributed by atoms with E-state index in [0.29, 0.717) is 23.9 Å². The highest BCUT2D eigenvalue weighted by Crippen LogP contribution is 2.38. The van der Waals surface area contributed by atoms with Crippen LogP contribution >= 0.6 is 7.82 Å². The zero-order valence-electron chi connectivity index (χ0n) is 57.2. The van der Waals surface area contributed by atoms with Crippen molar-refractivity contribution in [3.8, 4) is 0 Å². The van der Waals surface area contributed by atoms with E-state index < -0.39 is 26.6 Å². The van der Waals surface area contributed by atoms with E-state index in [0.717, 1.165) is 128 Å². The van der Waals surface area contributed by atoms with Gasteiger partial charge < -0.3 is 28.5 Å². The van der Waals surface area contributed by atoms with Crippen LogP contribution in [0.25, 0.3) is 0 Å². The third-order valence-electron chi connectivity index (χ3n) is 15.4. The van der Waals surface area contributed by atoms with Crippen molar-refractivity contribution >= 4 is 19.7 Å². The van der Waals surface area contributed by atoms with Crippen LogP contribution in [0.3, 0.4) is 0 Å². The van der Waals surface area contributed by atoms with Gasteiger partial charge in [-0.3, -0.25) is 14.2 Å². The van der Waals surface area contributed by atoms with Gasteiger partial charge in [0.25, 0.3) is 7.82 Å². The van der Waals surface area contributed by atoms with E-state index in [-0.39, 0.29) is 24.9 Å². The molecular formula is C77H135N2O7P. The Labute approximate surface area is 537 Å². The number of hydrogen-bond acceptors (Lipinski definition) is 7. The van der Waals surface area contributed by atoms with Crippen molar-refractivity contribution in [2.75, 3.05) is 40.9 Å². The van der Waals surface area contributed by atoms with Crippen molar-refractivity contribution in [3.05, 3.63) is 122 Å². The summed E-state index contributed by atoms with van der Waals surface area (Å²) in [5.41, 5.74) is 0. The predicted molar refractivity (Wildman–Crippen MR) is 376 cm³/mol. The Morgan fingerprint density at radius 1 is 0.414 bits per heavy atom. The van der Waals surface area contributed by atoms with Crippen molar-refractivity contribution < 1.29 is 37.3 Å². The number of rotatable bonds is 64. The number of allylic oxidation sites excluding steroid dienone is 19. The highest BCUT2D eigenvalue weighted by Gasteiger charge is 2.27. The molecule has 0 aromatic carbocycles. The van der Waals surface area contributed by atoms with Crippen molar-refractivity contribution in [1.29, 1.82) is 0 Å². The van der Waals surface area contributed by atoms with Crippen molar-refractivity contribution in [2.24, 2.45) is 0 Å². The van der Waals surface area contributed by atoms with Crippen LogP contribution in [-0.4, -0.2) is 69.4 Å². The van der Waals surface area contributed by atoms with Gasteiger partial charge in [-0.15, -0.1) is 0 Å². The molecule has 0 aliphatic carbocycles. The Morgan fingerprint density at radius 3 is 1.13 bits per heavy atom. The lowest BCUT2D eigenvalue weighted by molar-refractivity contribution is -0.870. The van der Waals surface area contributed by atoms with Gasteiger partial charge in [0.15, 0.2) is 0 Å². The number of phosphoric ester groups is 1. The van der Waals surface area contributed by atoms with Crippen molar-refractivity contribution in [1.82, 2.24) is 5.32 Å². The molecule has 0 heterocycles. The molecule has 0 aliphatic heterocycles. The number of phosphoric acid groups is 1. The molecule has 1 N–H and O–H groups in total. The third kappa shape index (κ3) is 66.7. The predicted octanol–water partition coefficient (Wildman–Crippen LogP) is 22.4. The summed E-state index contributed by atoms with van der Waals surface area (Å²) in [6.45, 7) is 6.70. The van der Waals surface area contributed by atoms with Gasteiger partial charge in [0, 0.05) is 12.8 Å². The molecule has 0 fully saturated rings. The molecule has 0 aromatic heterocycles. The minimum Gasteiger partial charge on any atom is -0.756 e. The molecule has 0 spiro atoms. The fourth-order valence-electron chi connectivity index (χ4n) is 9.89. The van der Waals surface area contributed by atoms with Gasteiger partial charge >= 0.3 is 5.97 Å². The molecule has 500 valence electrons. The van der Waals surface area contributed by atoms with Gasteiger partial charge in [-0.25, -0.2) is 0 Å². The molecule has 0 saturated carbocycles. The van der Waals surface area contributed by atoms with E-state index in [4.69, 9.17) is 13.8 Å². The second kappa shape index (κ2) is 65.4. The fraction of sp³-hybridized carbons (Fsp3) is 0.714. The molecule has 0 saturated heterocycles. The summed E-state index contributed by atoms with van der Waals surface area (Å²) < 4.78 is 30.4. The average molecular weight is 1230 g/mol. The first-order valence-electron chi connectivity index (χ1n) is 35.8. The number of quaternary nitrogens is 1. The summed E-state index contributed by atoms with van der Waals surface area (Å²) in [6.07, 6.45) is 91.8. The summed E-state index contributed by atoms with van der Waals surface area (Å²) >= 11 is 0. The lowest BCUT2D eigenvalue weighted by Crippen LogP contribution is -2.47. The molecule has 9 nitrogen and oxygen atoms in total. The lowest BCUT2D eigenvalue weighted by atomic mass is 10.0. The number of ether oxygens (including phenoxy) is 1. The number of nitrogens with zero attached hydrogens (tertiary/aromatic N) is 1. The van der Waals surface area contributed by atoms with Crippen molar-refractivity contribution in [3.63, 3.8) is 0 Å². The molecule has 0 aliphatic rings. The largest absolute Gasteiger partial charge is 0.756 e. The number of hydrogen-bond donors (Lipinski definition) is 1. The first-order chi connectivity index (χ1) is 42.4. The normalized spacial score (nSPS) is 14.2. The van der Waals surface area contributed by atoms with Crippen LogP contribution in [0.4, 0.5) is 0 Å². The molecule has 87 heavy (non-hydrogen) atoms. The van der Waals surface area contributed by atoms with E-state index in [1.807, 2.05) is 33.3 Å². The van der Waals surface area contributed by atoms with Crippen LogP contribution in [-0.2, 0) is 27.9 Å². The average Bonchev–Trinajstić information content (AvgIpc) is 3.70. The van der Waals surface area contributed by atoms with Gasteiger partial charge in [0.05, 0.1) is 33.8 Å². The van der Waals surface area contributed by atoms with E-state index in [9.17, 15) is 19.0 Å². The zero-order chi connectivity index (χ0) is 63.5. The number of likely N-dealkylation sites (N-methyl/N-ethyl adjacent to an activating group) is 1. The van der Waals surface area contributed by atoms with Gasteiger partial charge in [0.1, 0.15) is 19.3 Å². The van der Waals surface area contributed by atoms with Crippen LogP contribution in [0, 0.1) is 0 Å². The lowest BCUT2D eigenvalue weighted by Gasteiger charge is -2.30. The SMILES string of the molecule is CC/C=C\C/C=C\C/C=C\C/C=C\C/C=C\CCCCCCCCCCCCCC(=O)NC(COP(=O)([O-])OCC[N+](C)(C)C)C(/C=C\CCCCCCCCCCC)OC(=O)CCCCCCCCC/C=C\C/C=C\C/C=C\C/C=C\CCCCC. The molecule has 0 radical (unpaired) electrons. The maximum absolute atomic E-state index is 13.6. The monoisotopic (exact) mass is 1230 g/mol. The Hall–Kier alpha value is -3.59. The van der Waals surface area contributed by atoms with Crippen LogP contribution in [0.1, 0.15) is 303 Å². The summed E-state index contributed by atoms with van der Waals surface area (Å²) in [7, 11) is 1.17. The number of amides is 1. The maximum atomic E-state index is 13.6. The van der Waals surface area contributed by atoms with Crippen LogP contribution in [0.5, 0.6) is 0 Å². The van der Waals surface area contributed by atoms with Crippen molar-refractivity contribution in [2.45, 2.75) is 315 Å². The molecule has 10 heteroatoms. The van der Waals surface area contributed by atoms with Gasteiger partial charge in [-0.2, -0.15) is 0 Å². The van der Waals surface area contributed by atoms with Gasteiger partial charge in [-0.1, -0.05) is 290 Å². The standard InChI is InChI=1S/C77H135N2O7P/c1-7-10-13-16-19-22-25-27-29-31-33-35-37-38-39-40-42-43-45-47-49-51-54-57-60-63-66-69-76(80)78-74(73-85-87(82,83)84-72-71-79(4,5)6)75(68-65-62-59-56-53-24-21-18-15-12-9-3)86-77(81)70-67-64-61-58-55-52-50-48-46-44-41-36-34-32-30-28-26-23-20-17-14-11-8-2/h10,13,19-20,22-23,27-30,33-36,38-39,44,46,65,68,74-75H,7-9,11-12,14-18,21,24-26,31-32,37,40-43,45,47-64,66-67,69-73H2,1-6H3,(H-,78,80,82,83)/b13-10-,22-19-,23-20-,29-27-,30-28-,35-33-,36-34-,39-38-,46-44-,68-65-. The van der Waals surface area contributed by atoms with Crippen LogP contribution in [0.15, 0.2) is 122 Å². The number of carbonyl (C=O) groups is 2. The first kappa shape index (κ1) is 83.4. The quantitative estimate of drug-likeness (QED) is 0.0212. The Kier molecular flexibility index (Phi) is 62.7. The minimum atomic E-state index is -4.72. The van der Waals surface area contributed by atoms with Gasteiger partial charge in [-0.05, 0) is 122 Å². The second-order valence-corrected chi connectivity index (χ2v) is 26.4.